The molecule has 0 spiro atoms. The average Bonchev–Trinajstić information content (AvgIpc) is 3.22. The number of fused-ring (bicyclic) bond motifs is 1. The second-order valence-corrected chi connectivity index (χ2v) is 8.08. The summed E-state index contributed by atoms with van der Waals surface area (Å²) in [4.78, 5) is 42.6. The summed E-state index contributed by atoms with van der Waals surface area (Å²) in [6.45, 7) is 3.37. The second kappa shape index (κ2) is 8.38. The molecule has 3 amide bonds. The maximum absolute atomic E-state index is 13.9. The lowest BCUT2D eigenvalue weighted by Crippen LogP contribution is -2.50. The van der Waals surface area contributed by atoms with Gasteiger partial charge in [0.1, 0.15) is 22.9 Å². The molecule has 2 aromatic carbocycles. The second-order valence-electron chi connectivity index (χ2n) is 8.08. The van der Waals surface area contributed by atoms with Gasteiger partial charge in [0.05, 0.1) is 38.5 Å². The van der Waals surface area contributed by atoms with Gasteiger partial charge in [-0.25, -0.2) is 14.1 Å². The van der Waals surface area contributed by atoms with Gasteiger partial charge in [0.25, 0.3) is 5.91 Å². The van der Waals surface area contributed by atoms with Crippen molar-refractivity contribution >= 4 is 23.6 Å². The Bertz CT molecular complexity index is 1120. The molecular formula is C24H25FN2O6. The Morgan fingerprint density at radius 3 is 2.55 bits per heavy atom. The molecule has 2 aliphatic heterocycles. The molecule has 3 atom stereocenters. The highest BCUT2D eigenvalue weighted by molar-refractivity contribution is 6.24. The number of nitrogens with zero attached hydrogens (tertiary/aromatic N) is 2. The molecule has 2 aromatic rings. The predicted octanol–water partition coefficient (Wildman–Crippen LogP) is 3.69. The van der Waals surface area contributed by atoms with Gasteiger partial charge < -0.3 is 19.1 Å². The molecular weight excluding hydrogens is 431 g/mol. The van der Waals surface area contributed by atoms with Crippen molar-refractivity contribution in [3.8, 4) is 11.5 Å². The van der Waals surface area contributed by atoms with E-state index in [0.29, 0.717) is 17.1 Å². The Labute approximate surface area is 190 Å². The Morgan fingerprint density at radius 1 is 1.15 bits per heavy atom. The van der Waals surface area contributed by atoms with Crippen LogP contribution in [0.25, 0.3) is 0 Å². The highest BCUT2D eigenvalue weighted by Gasteiger charge is 2.67. The van der Waals surface area contributed by atoms with E-state index >= 15 is 0 Å². The summed E-state index contributed by atoms with van der Waals surface area (Å²) in [5, 5.41) is 0. The number of esters is 1. The quantitative estimate of drug-likeness (QED) is 0.487. The molecule has 8 nitrogen and oxygen atoms in total. The summed E-state index contributed by atoms with van der Waals surface area (Å²) < 4.78 is 30.0. The molecule has 2 fully saturated rings. The van der Waals surface area contributed by atoms with Crippen molar-refractivity contribution in [2.24, 2.45) is 5.92 Å². The van der Waals surface area contributed by atoms with Crippen LogP contribution in [0.2, 0.25) is 0 Å². The molecule has 0 aromatic heterocycles. The van der Waals surface area contributed by atoms with Crippen LogP contribution in [-0.2, 0) is 14.3 Å². The summed E-state index contributed by atoms with van der Waals surface area (Å²) in [5.41, 5.74) is -0.784. The molecule has 2 saturated heterocycles. The van der Waals surface area contributed by atoms with Crippen LogP contribution in [0.1, 0.15) is 31.9 Å². The summed E-state index contributed by atoms with van der Waals surface area (Å²) in [5.74, 6) is -1.66. The lowest BCUT2D eigenvalue weighted by Gasteiger charge is -2.31. The molecule has 0 radical (unpaired) electrons. The van der Waals surface area contributed by atoms with Crippen LogP contribution >= 0.6 is 0 Å². The molecule has 2 heterocycles. The van der Waals surface area contributed by atoms with Crippen molar-refractivity contribution < 1.29 is 33.0 Å². The molecule has 0 N–H and O–H groups in total. The molecule has 174 valence electrons. The number of rotatable bonds is 6. The number of carbonyl (C=O) groups excluding carboxylic acids is 3. The van der Waals surface area contributed by atoms with E-state index in [9.17, 15) is 18.8 Å². The van der Waals surface area contributed by atoms with Crippen LogP contribution in [0.15, 0.2) is 42.5 Å². The third kappa shape index (κ3) is 3.39. The Kier molecular flexibility index (Phi) is 5.73. The summed E-state index contributed by atoms with van der Waals surface area (Å²) in [6, 6.07) is 9.10. The van der Waals surface area contributed by atoms with E-state index in [4.69, 9.17) is 14.2 Å². The van der Waals surface area contributed by atoms with E-state index in [0.717, 1.165) is 11.0 Å². The van der Waals surface area contributed by atoms with Crippen molar-refractivity contribution in [1.29, 1.82) is 0 Å². The molecule has 9 heteroatoms. The first-order valence-corrected chi connectivity index (χ1v) is 10.6. The van der Waals surface area contributed by atoms with Gasteiger partial charge in [-0.15, -0.1) is 0 Å². The highest BCUT2D eigenvalue weighted by atomic mass is 19.1. The number of hydrogen-bond donors (Lipinski definition) is 0. The number of urea groups is 1. The maximum atomic E-state index is 13.9. The zero-order valence-electron chi connectivity index (χ0n) is 18.8. The van der Waals surface area contributed by atoms with Crippen LogP contribution < -0.4 is 14.4 Å². The van der Waals surface area contributed by atoms with E-state index in [1.165, 1.54) is 37.3 Å². The minimum atomic E-state index is -1.51. The number of methoxy groups -OCH3 is 2. The monoisotopic (exact) mass is 456 g/mol. The maximum Gasteiger partial charge on any atom is 0.332 e. The largest absolute Gasteiger partial charge is 0.497 e. The van der Waals surface area contributed by atoms with E-state index in [2.05, 4.69) is 0 Å². The molecule has 0 saturated carbocycles. The number of hydrogen-bond acceptors (Lipinski definition) is 6. The van der Waals surface area contributed by atoms with Crippen molar-refractivity contribution in [3.05, 3.63) is 53.8 Å². The Morgan fingerprint density at radius 2 is 1.91 bits per heavy atom. The van der Waals surface area contributed by atoms with Crippen LogP contribution in [0, 0.1) is 11.7 Å². The summed E-state index contributed by atoms with van der Waals surface area (Å²) >= 11 is 0. The first-order chi connectivity index (χ1) is 15.8. The number of ether oxygens (including phenoxy) is 3. The van der Waals surface area contributed by atoms with Gasteiger partial charge in [0, 0.05) is 11.6 Å². The molecule has 2 aliphatic rings. The lowest BCUT2D eigenvalue weighted by molar-refractivity contribution is -0.152. The van der Waals surface area contributed by atoms with Crippen molar-refractivity contribution in [2.45, 2.75) is 31.8 Å². The van der Waals surface area contributed by atoms with Gasteiger partial charge in [-0.3, -0.25) is 9.59 Å². The van der Waals surface area contributed by atoms with Gasteiger partial charge >= 0.3 is 12.0 Å². The van der Waals surface area contributed by atoms with E-state index in [1.54, 1.807) is 32.0 Å². The van der Waals surface area contributed by atoms with Gasteiger partial charge in [-0.05, 0) is 50.6 Å². The van der Waals surface area contributed by atoms with Crippen molar-refractivity contribution in [1.82, 2.24) is 4.90 Å². The van der Waals surface area contributed by atoms with Crippen LogP contribution in [0.4, 0.5) is 14.9 Å². The normalized spacial score (nSPS) is 24.2. The fourth-order valence-electron chi connectivity index (χ4n) is 4.83. The number of amides is 3. The van der Waals surface area contributed by atoms with Crippen molar-refractivity contribution in [3.63, 3.8) is 0 Å². The van der Waals surface area contributed by atoms with Crippen LogP contribution in [0.3, 0.4) is 0 Å². The number of benzene rings is 2. The lowest BCUT2D eigenvalue weighted by atomic mass is 9.85. The van der Waals surface area contributed by atoms with Crippen LogP contribution in [-0.4, -0.2) is 49.2 Å². The fraction of sp³-hybridized carbons (Fsp3) is 0.375. The Balaban J connectivity index is 1.86. The molecule has 4 rings (SSSR count). The number of carbonyl (C=O) groups is 3. The number of anilines is 1. The van der Waals surface area contributed by atoms with Gasteiger partial charge in [0.15, 0.2) is 0 Å². The first kappa shape index (κ1) is 22.6. The van der Waals surface area contributed by atoms with E-state index in [-0.39, 0.29) is 18.7 Å². The topological polar surface area (TPSA) is 85.4 Å². The Hall–Kier alpha value is -3.62. The molecule has 0 bridgehead atoms. The minimum absolute atomic E-state index is 0.101. The van der Waals surface area contributed by atoms with Crippen molar-refractivity contribution in [2.75, 3.05) is 25.7 Å². The van der Waals surface area contributed by atoms with Gasteiger partial charge in [-0.1, -0.05) is 6.07 Å². The first-order valence-electron chi connectivity index (χ1n) is 10.6. The highest BCUT2D eigenvalue weighted by Crippen LogP contribution is 2.54. The summed E-state index contributed by atoms with van der Waals surface area (Å²) in [7, 11) is 3.02. The number of imide groups is 1. The summed E-state index contributed by atoms with van der Waals surface area (Å²) in [6.07, 6.45) is 0.173. The molecule has 0 aliphatic carbocycles. The molecule has 3 unspecified atom stereocenters. The minimum Gasteiger partial charge on any atom is -0.497 e. The third-order valence-electron chi connectivity index (χ3n) is 6.42. The van der Waals surface area contributed by atoms with E-state index in [1.807, 2.05) is 0 Å². The predicted molar refractivity (Wildman–Crippen MR) is 117 cm³/mol. The van der Waals surface area contributed by atoms with E-state index < -0.39 is 41.2 Å². The zero-order chi connectivity index (χ0) is 23.9. The third-order valence-corrected chi connectivity index (χ3v) is 6.42. The van der Waals surface area contributed by atoms with Gasteiger partial charge in [-0.2, -0.15) is 0 Å². The SMILES string of the molecule is CCOC(=O)C1CC(c2ccc(OC)cc2OC)N2C(=O)N(c3cccc(F)c3)C(=O)C12C. The fourth-order valence-corrected chi connectivity index (χ4v) is 4.83. The number of halogens is 1. The average molecular weight is 456 g/mol. The smallest absolute Gasteiger partial charge is 0.332 e. The standard InChI is InChI=1S/C24H25FN2O6/c1-5-33-21(28)18-13-19(17-10-9-16(31-3)12-20(17)32-4)27-23(30)26(22(29)24(18,27)2)15-8-6-7-14(25)11-15/h6-12,18-19H,5,13H2,1-4H3. The van der Waals surface area contributed by atoms with Gasteiger partial charge in [0.2, 0.25) is 0 Å². The molecule has 33 heavy (non-hydrogen) atoms. The van der Waals surface area contributed by atoms with Crippen LogP contribution in [0.5, 0.6) is 11.5 Å². The zero-order valence-corrected chi connectivity index (χ0v) is 18.8.